The first-order valence-corrected chi connectivity index (χ1v) is 26.8. The molecule has 0 saturated carbocycles. The van der Waals surface area contributed by atoms with E-state index in [1.807, 2.05) is 4.90 Å². The fourth-order valence-electron chi connectivity index (χ4n) is 8.20. The van der Waals surface area contributed by atoms with E-state index in [9.17, 15) is 19.2 Å². The fraction of sp³-hybridized carbons (Fsp3) is 0.925. The molecule has 0 atom stereocenters. The minimum Gasteiger partial charge on any atom is -0.463 e. The summed E-state index contributed by atoms with van der Waals surface area (Å²) < 4.78 is 17.4. The van der Waals surface area contributed by atoms with Crippen LogP contribution in [0.25, 0.3) is 0 Å². The van der Waals surface area contributed by atoms with Crippen molar-refractivity contribution in [1.82, 2.24) is 10.2 Å². The van der Waals surface area contributed by atoms with Crippen LogP contribution in [-0.2, 0) is 33.4 Å². The molecule has 1 aliphatic heterocycles. The molecule has 0 aromatic heterocycles. The number of esters is 3. The number of rotatable bonds is 48. The van der Waals surface area contributed by atoms with E-state index in [2.05, 4.69) is 26.1 Å². The highest BCUT2D eigenvalue weighted by Crippen LogP contribution is 2.18. The standard InChI is InChI=1S/C53H100N2O7/c1-4-7-10-13-16-19-22-25-28-31-34-37-40-50(57)60-46-53(54-49(56)45-55-43-44-55,47-61-51(58)41-38-35-32-29-26-23-20-17-14-11-8-5-2)48-62-52(59)42-39-36-33-30-27-24-21-18-15-12-9-6-3/h4-48H2,1-3H3,(H,54,56). The quantitative estimate of drug-likeness (QED) is 0.0278. The Kier molecular flexibility index (Phi) is 39.9. The summed E-state index contributed by atoms with van der Waals surface area (Å²) in [5.41, 5.74) is -1.36. The first kappa shape index (κ1) is 57.9. The van der Waals surface area contributed by atoms with Crippen molar-refractivity contribution in [3.63, 3.8) is 0 Å². The fourth-order valence-corrected chi connectivity index (χ4v) is 8.20. The number of nitrogens with one attached hydrogen (secondary N) is 1. The summed E-state index contributed by atoms with van der Waals surface area (Å²) in [7, 11) is 0. The first-order chi connectivity index (χ1) is 30.3. The minimum absolute atomic E-state index is 0.189. The highest BCUT2D eigenvalue weighted by molar-refractivity contribution is 5.79. The van der Waals surface area contributed by atoms with Gasteiger partial charge < -0.3 is 19.5 Å². The van der Waals surface area contributed by atoms with Crippen molar-refractivity contribution >= 4 is 23.8 Å². The predicted octanol–water partition coefficient (Wildman–Crippen LogP) is 14.1. The third-order valence-electron chi connectivity index (χ3n) is 12.5. The molecule has 1 amide bonds. The third-order valence-corrected chi connectivity index (χ3v) is 12.5. The number of nitrogens with zero attached hydrogens (tertiary/aromatic N) is 1. The van der Waals surface area contributed by atoms with Gasteiger partial charge in [0.1, 0.15) is 25.4 Å². The number of ether oxygens (including phenoxy) is 3. The van der Waals surface area contributed by atoms with Crippen LogP contribution in [0.5, 0.6) is 0 Å². The van der Waals surface area contributed by atoms with Gasteiger partial charge in [-0.3, -0.25) is 24.1 Å². The minimum atomic E-state index is -1.36. The van der Waals surface area contributed by atoms with Crippen molar-refractivity contribution in [2.24, 2.45) is 0 Å². The van der Waals surface area contributed by atoms with Crippen LogP contribution in [0.2, 0.25) is 0 Å². The van der Waals surface area contributed by atoms with Crippen LogP contribution in [0.1, 0.15) is 271 Å². The van der Waals surface area contributed by atoms with E-state index < -0.39 is 5.54 Å². The van der Waals surface area contributed by atoms with Crippen molar-refractivity contribution in [2.45, 2.75) is 277 Å². The molecule has 1 saturated heterocycles. The lowest BCUT2D eigenvalue weighted by Gasteiger charge is -2.33. The summed E-state index contributed by atoms with van der Waals surface area (Å²) >= 11 is 0. The molecule has 0 aromatic rings. The second-order valence-electron chi connectivity index (χ2n) is 19.0. The van der Waals surface area contributed by atoms with Crippen LogP contribution in [0, 0.1) is 0 Å². The van der Waals surface area contributed by atoms with Gasteiger partial charge in [-0.1, -0.05) is 233 Å². The molecule has 0 bridgehead atoms. The second kappa shape index (κ2) is 42.8. The molecule has 1 heterocycles. The normalized spacial score (nSPS) is 12.7. The molecule has 0 aromatic carbocycles. The lowest BCUT2D eigenvalue weighted by Crippen LogP contribution is -2.60. The smallest absolute Gasteiger partial charge is 0.305 e. The molecule has 0 unspecified atom stereocenters. The van der Waals surface area contributed by atoms with Crippen molar-refractivity contribution in [3.8, 4) is 0 Å². The van der Waals surface area contributed by atoms with Crippen molar-refractivity contribution < 1.29 is 33.4 Å². The molecule has 364 valence electrons. The molecule has 1 N–H and O–H groups in total. The highest BCUT2D eigenvalue weighted by atomic mass is 16.6. The Morgan fingerprint density at radius 2 is 0.597 bits per heavy atom. The Morgan fingerprint density at radius 3 is 0.823 bits per heavy atom. The van der Waals surface area contributed by atoms with E-state index in [1.54, 1.807) is 0 Å². The highest BCUT2D eigenvalue weighted by Gasteiger charge is 2.38. The van der Waals surface area contributed by atoms with Crippen molar-refractivity contribution in [3.05, 3.63) is 0 Å². The molecule has 0 spiro atoms. The Bertz CT molecular complexity index is 957. The summed E-state index contributed by atoms with van der Waals surface area (Å²) in [6.45, 7) is 7.95. The van der Waals surface area contributed by atoms with Gasteiger partial charge in [0.05, 0.1) is 6.54 Å². The molecular formula is C53H100N2O7. The van der Waals surface area contributed by atoms with E-state index in [-0.39, 0.29) is 69.4 Å². The summed E-state index contributed by atoms with van der Waals surface area (Å²) in [4.78, 5) is 54.4. The number of carbonyl (C=O) groups is 4. The molecule has 0 aliphatic carbocycles. The average Bonchev–Trinajstić information content (AvgIpc) is 4.09. The van der Waals surface area contributed by atoms with Gasteiger partial charge in [-0.15, -0.1) is 0 Å². The van der Waals surface area contributed by atoms with Crippen LogP contribution < -0.4 is 5.32 Å². The summed E-state index contributed by atoms with van der Waals surface area (Å²) in [6.07, 6.45) is 44.4. The summed E-state index contributed by atoms with van der Waals surface area (Å²) in [5, 5.41) is 3.00. The molecule has 62 heavy (non-hydrogen) atoms. The Morgan fingerprint density at radius 1 is 0.371 bits per heavy atom. The zero-order valence-corrected chi connectivity index (χ0v) is 41.1. The van der Waals surface area contributed by atoms with Crippen molar-refractivity contribution in [2.75, 3.05) is 39.5 Å². The maximum absolute atomic E-state index is 13.3. The van der Waals surface area contributed by atoms with E-state index in [0.717, 1.165) is 70.9 Å². The zero-order valence-electron chi connectivity index (χ0n) is 41.1. The van der Waals surface area contributed by atoms with Gasteiger partial charge >= 0.3 is 17.9 Å². The molecule has 1 rings (SSSR count). The van der Waals surface area contributed by atoms with E-state index in [0.29, 0.717) is 0 Å². The maximum atomic E-state index is 13.3. The van der Waals surface area contributed by atoms with Crippen LogP contribution in [0.4, 0.5) is 0 Å². The predicted molar refractivity (Wildman–Crippen MR) is 257 cm³/mol. The monoisotopic (exact) mass is 877 g/mol. The first-order valence-electron chi connectivity index (χ1n) is 26.8. The number of hydrogen-bond donors (Lipinski definition) is 1. The van der Waals surface area contributed by atoms with E-state index >= 15 is 0 Å². The van der Waals surface area contributed by atoms with Gasteiger partial charge in [0.2, 0.25) is 5.91 Å². The summed E-state index contributed by atoms with van der Waals surface area (Å²) in [5.74, 6) is -1.33. The number of carbonyl (C=O) groups excluding carboxylic acids is 4. The van der Waals surface area contributed by atoms with E-state index in [4.69, 9.17) is 14.2 Å². The van der Waals surface area contributed by atoms with Gasteiger partial charge in [0.25, 0.3) is 0 Å². The lowest BCUT2D eigenvalue weighted by atomic mass is 10.0. The van der Waals surface area contributed by atoms with Gasteiger partial charge in [-0.05, 0) is 19.3 Å². The Balaban J connectivity index is 2.64. The number of amides is 1. The Hall–Kier alpha value is -2.16. The lowest BCUT2D eigenvalue weighted by molar-refractivity contribution is -0.159. The maximum Gasteiger partial charge on any atom is 0.305 e. The zero-order chi connectivity index (χ0) is 45.0. The third kappa shape index (κ3) is 38.3. The number of hydrogen-bond acceptors (Lipinski definition) is 8. The Labute approximate surface area is 382 Å². The molecular weight excluding hydrogens is 777 g/mol. The van der Waals surface area contributed by atoms with Gasteiger partial charge in [-0.2, -0.15) is 0 Å². The second-order valence-corrected chi connectivity index (χ2v) is 19.0. The van der Waals surface area contributed by atoms with Gasteiger partial charge in [0.15, 0.2) is 0 Å². The van der Waals surface area contributed by atoms with Crippen LogP contribution in [-0.4, -0.2) is 73.7 Å². The summed E-state index contributed by atoms with van der Waals surface area (Å²) in [6, 6.07) is 0. The van der Waals surface area contributed by atoms with Crippen molar-refractivity contribution in [1.29, 1.82) is 0 Å². The molecule has 0 radical (unpaired) electrons. The van der Waals surface area contributed by atoms with Crippen LogP contribution in [0.3, 0.4) is 0 Å². The number of unbranched alkanes of at least 4 members (excludes halogenated alkanes) is 33. The van der Waals surface area contributed by atoms with E-state index in [1.165, 1.54) is 173 Å². The molecule has 1 aliphatic rings. The largest absolute Gasteiger partial charge is 0.463 e. The van der Waals surface area contributed by atoms with Crippen LogP contribution >= 0.6 is 0 Å². The molecule has 9 nitrogen and oxygen atoms in total. The van der Waals surface area contributed by atoms with Gasteiger partial charge in [-0.25, -0.2) is 0 Å². The van der Waals surface area contributed by atoms with Crippen LogP contribution in [0.15, 0.2) is 0 Å². The van der Waals surface area contributed by atoms with Gasteiger partial charge in [0, 0.05) is 32.4 Å². The molecule has 9 heteroatoms. The topological polar surface area (TPSA) is 111 Å². The SMILES string of the molecule is CCCCCCCCCCCCCCC(=O)OCC(COC(=O)CCCCCCCCCCCCCC)(COC(=O)CCCCCCCCCCCCCC)NC(=O)CN1CC1. The molecule has 1 fully saturated rings. The average molecular weight is 877 g/mol.